The number of rotatable bonds is 11. The molecule has 2 rings (SSSR count). The zero-order valence-corrected chi connectivity index (χ0v) is 23.5. The molecular formula is C26H33ClF3N3O4S. The summed E-state index contributed by atoms with van der Waals surface area (Å²) in [6.45, 7) is 7.00. The number of hydrogen-bond donors (Lipinski definition) is 1. The van der Waals surface area contributed by atoms with Crippen molar-refractivity contribution in [2.24, 2.45) is 5.92 Å². The van der Waals surface area contributed by atoms with Gasteiger partial charge in [0.25, 0.3) is 0 Å². The van der Waals surface area contributed by atoms with Gasteiger partial charge in [0.1, 0.15) is 12.6 Å². The number of anilines is 1. The fourth-order valence-corrected chi connectivity index (χ4v) is 4.91. The molecule has 0 saturated heterocycles. The summed E-state index contributed by atoms with van der Waals surface area (Å²) in [4.78, 5) is 28.0. The quantitative estimate of drug-likeness (QED) is 0.408. The molecule has 12 heteroatoms. The van der Waals surface area contributed by atoms with Crippen molar-refractivity contribution in [2.75, 3.05) is 23.7 Å². The molecule has 2 aromatic carbocycles. The minimum Gasteiger partial charge on any atom is -0.354 e. The predicted octanol–water partition coefficient (Wildman–Crippen LogP) is 5.01. The lowest BCUT2D eigenvalue weighted by Crippen LogP contribution is -2.52. The number of nitrogens with one attached hydrogen (secondary N) is 1. The van der Waals surface area contributed by atoms with Gasteiger partial charge in [-0.05, 0) is 43.0 Å². The zero-order valence-electron chi connectivity index (χ0n) is 22.0. The molecule has 0 saturated carbocycles. The van der Waals surface area contributed by atoms with Crippen LogP contribution in [0.25, 0.3) is 0 Å². The van der Waals surface area contributed by atoms with Crippen molar-refractivity contribution >= 4 is 39.1 Å². The van der Waals surface area contributed by atoms with Crippen LogP contribution in [-0.4, -0.2) is 50.5 Å². The maximum Gasteiger partial charge on any atom is 0.417 e. The van der Waals surface area contributed by atoms with E-state index in [2.05, 4.69) is 5.32 Å². The van der Waals surface area contributed by atoms with Crippen LogP contribution >= 0.6 is 11.6 Å². The number of alkyl halides is 3. The molecule has 0 fully saturated rings. The number of carbonyl (C=O) groups is 2. The van der Waals surface area contributed by atoms with Crippen molar-refractivity contribution in [3.8, 4) is 0 Å². The van der Waals surface area contributed by atoms with Crippen LogP contribution in [0.1, 0.15) is 43.9 Å². The largest absolute Gasteiger partial charge is 0.417 e. The Kier molecular flexibility index (Phi) is 10.6. The molecule has 0 heterocycles. The van der Waals surface area contributed by atoms with E-state index in [0.717, 1.165) is 24.0 Å². The third kappa shape index (κ3) is 8.62. The first-order valence-corrected chi connectivity index (χ1v) is 14.2. The lowest BCUT2D eigenvalue weighted by Gasteiger charge is -2.33. The lowest BCUT2D eigenvalue weighted by molar-refractivity contribution is -0.140. The first kappa shape index (κ1) is 31.4. The minimum absolute atomic E-state index is 0.000138. The van der Waals surface area contributed by atoms with Crippen LogP contribution < -0.4 is 9.62 Å². The van der Waals surface area contributed by atoms with Crippen molar-refractivity contribution in [1.82, 2.24) is 10.2 Å². The van der Waals surface area contributed by atoms with E-state index in [0.29, 0.717) is 22.5 Å². The maximum absolute atomic E-state index is 13.6. The summed E-state index contributed by atoms with van der Waals surface area (Å²) in [6, 6.07) is 8.96. The first-order chi connectivity index (χ1) is 17.5. The van der Waals surface area contributed by atoms with Gasteiger partial charge in [-0.1, -0.05) is 62.2 Å². The predicted molar refractivity (Wildman–Crippen MR) is 142 cm³/mol. The van der Waals surface area contributed by atoms with E-state index in [-0.39, 0.29) is 24.6 Å². The SMILES string of the molecule is CCC(C(=O)NCC(C)C)N(Cc1cccc(C)c1)C(=O)CN(c1ccc(Cl)c(C(F)(F)F)c1)S(C)(=O)=O. The number of benzene rings is 2. The second-order valence-corrected chi connectivity index (χ2v) is 11.8. The smallest absolute Gasteiger partial charge is 0.354 e. The minimum atomic E-state index is -4.83. The number of carbonyl (C=O) groups excluding carboxylic acids is 2. The molecule has 210 valence electrons. The van der Waals surface area contributed by atoms with E-state index >= 15 is 0 Å². The van der Waals surface area contributed by atoms with Crippen LogP contribution in [0.5, 0.6) is 0 Å². The second-order valence-electron chi connectivity index (χ2n) is 9.51. The molecule has 0 radical (unpaired) electrons. The molecule has 0 bridgehead atoms. The Hall–Kier alpha value is -2.79. The molecule has 1 unspecified atom stereocenters. The fraction of sp³-hybridized carbons (Fsp3) is 0.462. The van der Waals surface area contributed by atoms with Crippen LogP contribution in [0, 0.1) is 12.8 Å². The van der Waals surface area contributed by atoms with Gasteiger partial charge >= 0.3 is 6.18 Å². The van der Waals surface area contributed by atoms with E-state index in [1.54, 1.807) is 19.1 Å². The van der Waals surface area contributed by atoms with Crippen LogP contribution in [-0.2, 0) is 32.3 Å². The van der Waals surface area contributed by atoms with Crippen LogP contribution in [0.2, 0.25) is 5.02 Å². The highest BCUT2D eigenvalue weighted by atomic mass is 35.5. The maximum atomic E-state index is 13.6. The highest BCUT2D eigenvalue weighted by molar-refractivity contribution is 7.92. The number of sulfonamides is 1. The van der Waals surface area contributed by atoms with Gasteiger partial charge in [0.05, 0.1) is 22.5 Å². The summed E-state index contributed by atoms with van der Waals surface area (Å²) >= 11 is 5.70. The Morgan fingerprint density at radius 1 is 1.11 bits per heavy atom. The molecule has 2 aromatic rings. The Morgan fingerprint density at radius 2 is 1.76 bits per heavy atom. The monoisotopic (exact) mass is 575 g/mol. The molecule has 0 aromatic heterocycles. The summed E-state index contributed by atoms with van der Waals surface area (Å²) in [5.74, 6) is -0.989. The topological polar surface area (TPSA) is 86.8 Å². The lowest BCUT2D eigenvalue weighted by atomic mass is 10.1. The second kappa shape index (κ2) is 12.8. The van der Waals surface area contributed by atoms with Gasteiger partial charge in [-0.15, -0.1) is 0 Å². The number of nitrogens with zero attached hydrogens (tertiary/aromatic N) is 2. The molecule has 0 aliphatic heterocycles. The summed E-state index contributed by atoms with van der Waals surface area (Å²) in [6.07, 6.45) is -3.81. The first-order valence-electron chi connectivity index (χ1n) is 12.0. The average molecular weight is 576 g/mol. The third-order valence-corrected chi connectivity index (χ3v) is 7.20. The van der Waals surface area contributed by atoms with Gasteiger partial charge in [0, 0.05) is 13.1 Å². The Balaban J connectivity index is 2.51. The van der Waals surface area contributed by atoms with Gasteiger partial charge < -0.3 is 10.2 Å². The van der Waals surface area contributed by atoms with Crippen molar-refractivity contribution in [1.29, 1.82) is 0 Å². The Labute approximate surface area is 227 Å². The number of amides is 2. The molecule has 7 nitrogen and oxygen atoms in total. The molecular weight excluding hydrogens is 543 g/mol. The number of aryl methyl sites for hydroxylation is 1. The summed E-state index contributed by atoms with van der Waals surface area (Å²) in [5, 5.41) is 2.20. The van der Waals surface area contributed by atoms with Crippen LogP contribution in [0.15, 0.2) is 42.5 Å². The number of hydrogen-bond acceptors (Lipinski definition) is 4. The molecule has 0 spiro atoms. The van der Waals surface area contributed by atoms with Gasteiger partial charge in [-0.2, -0.15) is 13.2 Å². The highest BCUT2D eigenvalue weighted by Gasteiger charge is 2.36. The number of halogens is 4. The van der Waals surface area contributed by atoms with E-state index < -0.39 is 51.2 Å². The Bertz CT molecular complexity index is 1250. The Morgan fingerprint density at radius 3 is 2.29 bits per heavy atom. The van der Waals surface area contributed by atoms with Crippen LogP contribution in [0.4, 0.5) is 18.9 Å². The fourth-order valence-electron chi connectivity index (χ4n) is 3.85. The van der Waals surface area contributed by atoms with Crippen molar-refractivity contribution < 1.29 is 31.2 Å². The summed E-state index contributed by atoms with van der Waals surface area (Å²) < 4.78 is 66.2. The highest BCUT2D eigenvalue weighted by Crippen LogP contribution is 2.37. The summed E-state index contributed by atoms with van der Waals surface area (Å²) in [7, 11) is -4.20. The molecule has 1 N–H and O–H groups in total. The zero-order chi connectivity index (χ0) is 28.8. The van der Waals surface area contributed by atoms with Gasteiger partial charge in [-0.3, -0.25) is 13.9 Å². The van der Waals surface area contributed by atoms with E-state index in [1.165, 1.54) is 4.90 Å². The van der Waals surface area contributed by atoms with Gasteiger partial charge in [0.15, 0.2) is 0 Å². The van der Waals surface area contributed by atoms with E-state index in [9.17, 15) is 31.2 Å². The van der Waals surface area contributed by atoms with Crippen LogP contribution in [0.3, 0.4) is 0 Å². The van der Waals surface area contributed by atoms with Crippen molar-refractivity contribution in [3.63, 3.8) is 0 Å². The average Bonchev–Trinajstić information content (AvgIpc) is 2.80. The third-order valence-electron chi connectivity index (χ3n) is 5.73. The summed E-state index contributed by atoms with van der Waals surface area (Å²) in [5.41, 5.74) is 0.0373. The van der Waals surface area contributed by atoms with E-state index in [1.807, 2.05) is 32.9 Å². The van der Waals surface area contributed by atoms with Gasteiger partial charge in [-0.25, -0.2) is 8.42 Å². The van der Waals surface area contributed by atoms with Gasteiger partial charge in [0.2, 0.25) is 21.8 Å². The molecule has 2 amide bonds. The molecule has 1 atom stereocenters. The standard InChI is InChI=1S/C26H33ClF3N3O4S/c1-6-23(25(35)31-14-17(2)3)32(15-19-9-7-8-18(4)12-19)24(34)16-33(38(5,36)37)20-10-11-22(27)21(13-20)26(28,29)30/h7-13,17,23H,6,14-16H2,1-5H3,(H,31,35). The van der Waals surface area contributed by atoms with Crippen molar-refractivity contribution in [3.05, 3.63) is 64.2 Å². The normalized spacial score (nSPS) is 12.8. The molecule has 38 heavy (non-hydrogen) atoms. The van der Waals surface area contributed by atoms with Crippen molar-refractivity contribution in [2.45, 2.75) is 52.9 Å². The molecule has 0 aliphatic rings. The molecule has 0 aliphatic carbocycles. The van der Waals surface area contributed by atoms with E-state index in [4.69, 9.17) is 11.6 Å².